The van der Waals surface area contributed by atoms with Crippen LogP contribution in [0.25, 0.3) is 0 Å². The van der Waals surface area contributed by atoms with E-state index in [1.807, 2.05) is 0 Å². The zero-order chi connectivity index (χ0) is 44.9. The van der Waals surface area contributed by atoms with E-state index >= 15 is 0 Å². The van der Waals surface area contributed by atoms with Crippen LogP contribution in [0.3, 0.4) is 0 Å². The molecule has 4 aromatic carbocycles. The van der Waals surface area contributed by atoms with Crippen LogP contribution in [0.4, 0.5) is 0 Å². The van der Waals surface area contributed by atoms with Crippen molar-refractivity contribution in [3.63, 3.8) is 0 Å². The lowest BCUT2D eigenvalue weighted by Crippen LogP contribution is -2.17. The van der Waals surface area contributed by atoms with E-state index in [0.717, 1.165) is 78.3 Å². The fourth-order valence-corrected chi connectivity index (χ4v) is 7.94. The van der Waals surface area contributed by atoms with Crippen molar-refractivity contribution in [3.8, 4) is 41.2 Å². The SMILES string of the molecule is CC(C)(C)c1cc2c(O)c(c1)Cc1cc(C(C)(C)C)cc(c1OCCCC#N)Cc1cc(C(C)(C)C)cc(c1OCC#N)Cc1cc(C(C)(C)C)cc(c1OCCCC#N)C2. The molecular weight excluding hydrogens is 755 g/mol. The molecule has 61 heavy (non-hydrogen) atoms. The van der Waals surface area contributed by atoms with Crippen LogP contribution in [0.15, 0.2) is 48.5 Å². The maximum absolute atomic E-state index is 12.5. The van der Waals surface area contributed by atoms with Gasteiger partial charge < -0.3 is 19.3 Å². The number of rotatable bonds is 10. The van der Waals surface area contributed by atoms with Crippen molar-refractivity contribution in [2.24, 2.45) is 0 Å². The Morgan fingerprint density at radius 1 is 0.426 bits per heavy atom. The first-order valence-electron chi connectivity index (χ1n) is 21.9. The third-order valence-electron chi connectivity index (χ3n) is 11.6. The van der Waals surface area contributed by atoms with E-state index in [9.17, 15) is 20.9 Å². The molecule has 322 valence electrons. The molecule has 1 N–H and O–H groups in total. The quantitative estimate of drug-likeness (QED) is 0.139. The molecule has 4 aromatic rings. The molecule has 1 aliphatic carbocycles. The highest BCUT2D eigenvalue weighted by atomic mass is 16.5. The van der Waals surface area contributed by atoms with Gasteiger partial charge in [0.2, 0.25) is 0 Å². The number of nitrogens with zero attached hydrogens (tertiary/aromatic N) is 3. The molecule has 0 saturated carbocycles. The van der Waals surface area contributed by atoms with Crippen LogP contribution < -0.4 is 14.2 Å². The van der Waals surface area contributed by atoms with Crippen molar-refractivity contribution < 1.29 is 19.3 Å². The Bertz CT molecular complexity index is 2220. The van der Waals surface area contributed by atoms with Gasteiger partial charge in [-0.1, -0.05) is 132 Å². The van der Waals surface area contributed by atoms with Crippen LogP contribution in [0.2, 0.25) is 0 Å². The number of ether oxygens (including phenoxy) is 3. The van der Waals surface area contributed by atoms with Gasteiger partial charge in [0.15, 0.2) is 6.61 Å². The number of benzene rings is 4. The summed E-state index contributed by atoms with van der Waals surface area (Å²) < 4.78 is 20.1. The summed E-state index contributed by atoms with van der Waals surface area (Å²) in [5, 5.41) is 41.3. The topological polar surface area (TPSA) is 119 Å². The van der Waals surface area contributed by atoms with E-state index in [1.54, 1.807) is 0 Å². The summed E-state index contributed by atoms with van der Waals surface area (Å²) in [5.74, 6) is 2.43. The first kappa shape index (κ1) is 46.6. The minimum absolute atomic E-state index is 0.117. The highest BCUT2D eigenvalue weighted by Crippen LogP contribution is 2.44. The standard InChI is InChI=1S/C54H67N3O4/c1-51(2,3)43-27-35-23-37-29-44(52(4,5)6)31-39(48(37)59-20-15-13-17-55)25-41-33-46(54(10,11)12)34-42(50(41)61-22-19-57)26-40-32-45(53(7,8)9)30-38(24-36(28-43)47(35)58)49(40)60-21-16-14-18-56/h27-34,58H,13-16,20-26H2,1-12H3. The molecule has 0 heterocycles. The maximum atomic E-state index is 12.5. The van der Waals surface area contributed by atoms with Gasteiger partial charge in [-0.2, -0.15) is 15.8 Å². The number of nitriles is 3. The van der Waals surface area contributed by atoms with Gasteiger partial charge in [-0.25, -0.2) is 0 Å². The zero-order valence-electron chi connectivity index (χ0n) is 38.9. The van der Waals surface area contributed by atoms with Crippen molar-refractivity contribution in [2.75, 3.05) is 19.8 Å². The fraction of sp³-hybridized carbons (Fsp3) is 0.500. The Kier molecular flexibility index (Phi) is 14.3. The smallest absolute Gasteiger partial charge is 0.174 e. The van der Waals surface area contributed by atoms with E-state index in [0.29, 0.717) is 70.3 Å². The van der Waals surface area contributed by atoms with Gasteiger partial charge in [0, 0.05) is 38.5 Å². The highest BCUT2D eigenvalue weighted by molar-refractivity contribution is 5.59. The van der Waals surface area contributed by atoms with Crippen LogP contribution in [0, 0.1) is 34.0 Å². The summed E-state index contributed by atoms with van der Waals surface area (Å²) in [6.45, 7) is 27.2. The van der Waals surface area contributed by atoms with Gasteiger partial charge in [0.25, 0.3) is 0 Å². The summed E-state index contributed by atoms with van der Waals surface area (Å²) in [7, 11) is 0. The van der Waals surface area contributed by atoms with Gasteiger partial charge in [0.1, 0.15) is 29.1 Å². The Labute approximate surface area is 366 Å². The lowest BCUT2D eigenvalue weighted by atomic mass is 9.79. The first-order valence-corrected chi connectivity index (χ1v) is 21.9. The van der Waals surface area contributed by atoms with Crippen molar-refractivity contribution in [3.05, 3.63) is 115 Å². The predicted octanol–water partition coefficient (Wildman–Crippen LogP) is 12.5. The average Bonchev–Trinajstić information content (AvgIpc) is 3.15. The van der Waals surface area contributed by atoms with Crippen LogP contribution in [-0.2, 0) is 47.3 Å². The van der Waals surface area contributed by atoms with Crippen molar-refractivity contribution >= 4 is 0 Å². The van der Waals surface area contributed by atoms with Crippen LogP contribution in [-0.4, -0.2) is 24.9 Å². The molecule has 5 rings (SSSR count). The molecule has 7 heteroatoms. The Morgan fingerprint density at radius 2 is 0.689 bits per heavy atom. The summed E-state index contributed by atoms with van der Waals surface area (Å²) in [6, 6.07) is 24.4. The summed E-state index contributed by atoms with van der Waals surface area (Å²) in [5.41, 5.74) is 11.1. The number of unbranched alkanes of at least 4 members (excludes halogenated alkanes) is 2. The lowest BCUT2D eigenvalue weighted by molar-refractivity contribution is 0.306. The number of fused-ring (bicyclic) bond motifs is 8. The molecule has 0 unspecified atom stereocenters. The normalized spacial score (nSPS) is 13.1. The maximum Gasteiger partial charge on any atom is 0.174 e. The highest BCUT2D eigenvalue weighted by Gasteiger charge is 2.29. The van der Waals surface area contributed by atoms with E-state index < -0.39 is 0 Å². The molecular formula is C54H67N3O4. The van der Waals surface area contributed by atoms with Gasteiger partial charge in [-0.05, 0) is 101 Å². The van der Waals surface area contributed by atoms with Gasteiger partial charge in [-0.3, -0.25) is 0 Å². The molecule has 0 atom stereocenters. The molecule has 8 bridgehead atoms. The van der Waals surface area contributed by atoms with Crippen molar-refractivity contribution in [1.29, 1.82) is 15.8 Å². The van der Waals surface area contributed by atoms with Crippen molar-refractivity contribution in [1.82, 2.24) is 0 Å². The second-order valence-electron chi connectivity index (χ2n) is 20.9. The Morgan fingerprint density at radius 3 is 0.951 bits per heavy atom. The molecule has 0 aromatic heterocycles. The molecule has 0 amide bonds. The molecule has 0 saturated heterocycles. The van der Waals surface area contributed by atoms with Crippen LogP contribution in [0.5, 0.6) is 23.0 Å². The van der Waals surface area contributed by atoms with E-state index in [4.69, 9.17) is 14.2 Å². The van der Waals surface area contributed by atoms with E-state index in [-0.39, 0.29) is 34.0 Å². The summed E-state index contributed by atoms with van der Waals surface area (Å²) in [6.07, 6.45) is 3.70. The van der Waals surface area contributed by atoms with Gasteiger partial charge in [0.05, 0.1) is 25.4 Å². The monoisotopic (exact) mass is 822 g/mol. The van der Waals surface area contributed by atoms with Gasteiger partial charge >= 0.3 is 0 Å². The Balaban J connectivity index is 1.97. The molecule has 0 radical (unpaired) electrons. The van der Waals surface area contributed by atoms with Crippen LogP contribution in [0.1, 0.15) is 176 Å². The molecule has 0 spiro atoms. The number of aromatic hydroxyl groups is 1. The number of hydrogen-bond donors (Lipinski definition) is 1. The Hall–Kier alpha value is -5.45. The largest absolute Gasteiger partial charge is 0.507 e. The molecule has 0 aliphatic heterocycles. The van der Waals surface area contributed by atoms with Crippen molar-refractivity contribution in [2.45, 2.75) is 156 Å². The first-order chi connectivity index (χ1) is 28.5. The second-order valence-corrected chi connectivity index (χ2v) is 20.9. The predicted molar refractivity (Wildman–Crippen MR) is 245 cm³/mol. The minimum Gasteiger partial charge on any atom is -0.507 e. The van der Waals surface area contributed by atoms with E-state index in [2.05, 4.69) is 150 Å². The number of phenolic OH excluding ortho intramolecular Hbond substituents is 1. The number of phenols is 1. The fourth-order valence-electron chi connectivity index (χ4n) is 7.94. The van der Waals surface area contributed by atoms with Crippen LogP contribution >= 0.6 is 0 Å². The molecule has 0 fully saturated rings. The third-order valence-corrected chi connectivity index (χ3v) is 11.6. The lowest BCUT2D eigenvalue weighted by Gasteiger charge is -2.28. The summed E-state index contributed by atoms with van der Waals surface area (Å²) in [4.78, 5) is 0. The van der Waals surface area contributed by atoms with Gasteiger partial charge in [-0.15, -0.1) is 0 Å². The minimum atomic E-state index is -0.215. The number of hydrogen-bond acceptors (Lipinski definition) is 7. The summed E-state index contributed by atoms with van der Waals surface area (Å²) >= 11 is 0. The average molecular weight is 822 g/mol. The third kappa shape index (κ3) is 11.5. The molecule has 7 nitrogen and oxygen atoms in total. The molecule has 1 aliphatic rings. The second kappa shape index (κ2) is 18.7. The zero-order valence-corrected chi connectivity index (χ0v) is 38.9. The van der Waals surface area contributed by atoms with E-state index in [1.165, 1.54) is 0 Å².